The minimum Gasteiger partial charge on any atom is -0.377 e. The Hall–Kier alpha value is -0.120. The Labute approximate surface area is 111 Å². The van der Waals surface area contributed by atoms with E-state index in [4.69, 9.17) is 4.74 Å². The Balaban J connectivity index is 1.52. The van der Waals surface area contributed by atoms with Crippen molar-refractivity contribution < 1.29 is 4.74 Å². The number of hydrogen-bond donors (Lipinski definition) is 1. The predicted octanol–water partition coefficient (Wildman–Crippen LogP) is 2.02. The van der Waals surface area contributed by atoms with Crippen LogP contribution >= 0.6 is 0 Å². The highest BCUT2D eigenvalue weighted by atomic mass is 16.5. The largest absolute Gasteiger partial charge is 0.377 e. The van der Waals surface area contributed by atoms with Crippen molar-refractivity contribution in [1.29, 1.82) is 0 Å². The molecule has 104 valence electrons. The SMILES string of the molecule is C1CCC(CN2CCCC3(CCCNC3)C2)OC1. The Morgan fingerprint density at radius 1 is 1.17 bits per heavy atom. The fraction of sp³-hybridized carbons (Fsp3) is 1.00. The van der Waals surface area contributed by atoms with E-state index in [2.05, 4.69) is 10.2 Å². The van der Waals surface area contributed by atoms with Gasteiger partial charge in [-0.3, -0.25) is 0 Å². The minimum atomic E-state index is 0.519. The molecule has 3 saturated heterocycles. The summed E-state index contributed by atoms with van der Waals surface area (Å²) in [6.45, 7) is 7.25. The fourth-order valence-electron chi connectivity index (χ4n) is 4.08. The molecular weight excluding hydrogens is 224 g/mol. The molecule has 2 atom stereocenters. The van der Waals surface area contributed by atoms with Gasteiger partial charge in [0, 0.05) is 26.2 Å². The molecule has 3 fully saturated rings. The number of likely N-dealkylation sites (tertiary alicyclic amines) is 1. The molecule has 3 rings (SSSR count). The van der Waals surface area contributed by atoms with Gasteiger partial charge in [-0.2, -0.15) is 0 Å². The van der Waals surface area contributed by atoms with Gasteiger partial charge in [0.1, 0.15) is 0 Å². The first kappa shape index (κ1) is 12.9. The minimum absolute atomic E-state index is 0.519. The van der Waals surface area contributed by atoms with Crippen LogP contribution in [0.2, 0.25) is 0 Å². The predicted molar refractivity (Wildman–Crippen MR) is 73.8 cm³/mol. The maximum Gasteiger partial charge on any atom is 0.0702 e. The monoisotopic (exact) mass is 252 g/mol. The van der Waals surface area contributed by atoms with Crippen molar-refractivity contribution in [3.05, 3.63) is 0 Å². The number of nitrogens with zero attached hydrogens (tertiary/aromatic N) is 1. The van der Waals surface area contributed by atoms with Crippen molar-refractivity contribution in [3.8, 4) is 0 Å². The van der Waals surface area contributed by atoms with Crippen LogP contribution in [0.15, 0.2) is 0 Å². The second kappa shape index (κ2) is 5.89. The van der Waals surface area contributed by atoms with Crippen LogP contribution in [0.1, 0.15) is 44.9 Å². The summed E-state index contributed by atoms with van der Waals surface area (Å²) in [5.41, 5.74) is 0.588. The Bertz CT molecular complexity index is 252. The second-order valence-corrected chi connectivity index (χ2v) is 6.61. The van der Waals surface area contributed by atoms with Gasteiger partial charge in [0.15, 0.2) is 0 Å². The summed E-state index contributed by atoms with van der Waals surface area (Å²) in [5, 5.41) is 3.61. The summed E-state index contributed by atoms with van der Waals surface area (Å²) in [4.78, 5) is 2.69. The van der Waals surface area contributed by atoms with Crippen LogP contribution in [0.3, 0.4) is 0 Å². The smallest absolute Gasteiger partial charge is 0.0702 e. The molecule has 0 aromatic rings. The van der Waals surface area contributed by atoms with E-state index in [0.717, 1.165) is 6.61 Å². The third-order valence-corrected chi connectivity index (χ3v) is 5.04. The molecule has 3 heteroatoms. The van der Waals surface area contributed by atoms with Crippen molar-refractivity contribution >= 4 is 0 Å². The molecule has 0 amide bonds. The van der Waals surface area contributed by atoms with E-state index in [1.807, 2.05) is 0 Å². The summed E-state index contributed by atoms with van der Waals surface area (Å²) in [6, 6.07) is 0. The summed E-state index contributed by atoms with van der Waals surface area (Å²) < 4.78 is 5.90. The molecule has 1 spiro atoms. The third kappa shape index (κ3) is 3.06. The zero-order valence-electron chi connectivity index (χ0n) is 11.6. The van der Waals surface area contributed by atoms with Gasteiger partial charge >= 0.3 is 0 Å². The number of nitrogens with one attached hydrogen (secondary N) is 1. The zero-order valence-corrected chi connectivity index (χ0v) is 11.6. The molecule has 1 N–H and O–H groups in total. The average molecular weight is 252 g/mol. The number of ether oxygens (including phenoxy) is 1. The number of rotatable bonds is 2. The Morgan fingerprint density at radius 3 is 2.89 bits per heavy atom. The zero-order chi connectivity index (χ0) is 12.3. The lowest BCUT2D eigenvalue weighted by Gasteiger charge is -2.46. The fourth-order valence-corrected chi connectivity index (χ4v) is 4.08. The Morgan fingerprint density at radius 2 is 2.11 bits per heavy atom. The van der Waals surface area contributed by atoms with E-state index < -0.39 is 0 Å². The Kier molecular flexibility index (Phi) is 4.22. The van der Waals surface area contributed by atoms with Crippen molar-refractivity contribution in [3.63, 3.8) is 0 Å². The van der Waals surface area contributed by atoms with E-state index in [9.17, 15) is 0 Å². The van der Waals surface area contributed by atoms with E-state index in [0.29, 0.717) is 11.5 Å². The lowest BCUT2D eigenvalue weighted by Crippen LogP contribution is -2.52. The van der Waals surface area contributed by atoms with E-state index >= 15 is 0 Å². The molecule has 0 aliphatic carbocycles. The van der Waals surface area contributed by atoms with Gasteiger partial charge < -0.3 is 15.0 Å². The highest BCUT2D eigenvalue weighted by Gasteiger charge is 2.37. The van der Waals surface area contributed by atoms with Gasteiger partial charge in [0.2, 0.25) is 0 Å². The molecule has 3 heterocycles. The highest BCUT2D eigenvalue weighted by Crippen LogP contribution is 2.36. The molecule has 3 nitrogen and oxygen atoms in total. The molecule has 18 heavy (non-hydrogen) atoms. The van der Waals surface area contributed by atoms with Crippen molar-refractivity contribution in [2.45, 2.75) is 51.0 Å². The molecule has 3 aliphatic heterocycles. The molecule has 0 aromatic carbocycles. The van der Waals surface area contributed by atoms with Crippen LogP contribution in [-0.4, -0.2) is 50.3 Å². The van der Waals surface area contributed by atoms with Crippen LogP contribution in [0.25, 0.3) is 0 Å². The molecule has 0 radical (unpaired) electrons. The van der Waals surface area contributed by atoms with Crippen molar-refractivity contribution in [2.24, 2.45) is 5.41 Å². The molecule has 0 bridgehead atoms. The highest BCUT2D eigenvalue weighted by molar-refractivity contribution is 4.92. The summed E-state index contributed by atoms with van der Waals surface area (Å²) in [6.07, 6.45) is 10.1. The first-order chi connectivity index (χ1) is 8.86. The van der Waals surface area contributed by atoms with E-state index in [1.165, 1.54) is 77.7 Å². The standard InChI is InChI=1S/C15H28N2O/c1-2-10-18-14(5-1)11-17-9-4-7-15(13-17)6-3-8-16-12-15/h14,16H,1-13H2. The van der Waals surface area contributed by atoms with E-state index in [-0.39, 0.29) is 0 Å². The van der Waals surface area contributed by atoms with Gasteiger partial charge in [-0.15, -0.1) is 0 Å². The van der Waals surface area contributed by atoms with Crippen LogP contribution in [-0.2, 0) is 4.74 Å². The van der Waals surface area contributed by atoms with Gasteiger partial charge in [-0.05, 0) is 63.5 Å². The lowest BCUT2D eigenvalue weighted by atomic mass is 9.74. The molecular formula is C15H28N2O. The summed E-state index contributed by atoms with van der Waals surface area (Å²) in [7, 11) is 0. The third-order valence-electron chi connectivity index (χ3n) is 5.04. The second-order valence-electron chi connectivity index (χ2n) is 6.61. The lowest BCUT2D eigenvalue weighted by molar-refractivity contribution is -0.0262. The van der Waals surface area contributed by atoms with Gasteiger partial charge in [-0.1, -0.05) is 0 Å². The van der Waals surface area contributed by atoms with Gasteiger partial charge in [0.05, 0.1) is 6.10 Å². The summed E-state index contributed by atoms with van der Waals surface area (Å²) >= 11 is 0. The van der Waals surface area contributed by atoms with Gasteiger partial charge in [0.25, 0.3) is 0 Å². The summed E-state index contributed by atoms with van der Waals surface area (Å²) in [5.74, 6) is 0. The van der Waals surface area contributed by atoms with Gasteiger partial charge in [-0.25, -0.2) is 0 Å². The van der Waals surface area contributed by atoms with Crippen LogP contribution in [0, 0.1) is 5.41 Å². The molecule has 2 unspecified atom stereocenters. The first-order valence-electron chi connectivity index (χ1n) is 7.91. The first-order valence-corrected chi connectivity index (χ1v) is 7.91. The molecule has 3 aliphatic rings. The quantitative estimate of drug-likeness (QED) is 0.814. The maximum absolute atomic E-state index is 5.90. The normalized spacial score (nSPS) is 39.0. The maximum atomic E-state index is 5.90. The van der Waals surface area contributed by atoms with Crippen LogP contribution < -0.4 is 5.32 Å². The van der Waals surface area contributed by atoms with Crippen LogP contribution in [0.4, 0.5) is 0 Å². The molecule has 0 saturated carbocycles. The van der Waals surface area contributed by atoms with Crippen molar-refractivity contribution in [1.82, 2.24) is 10.2 Å². The van der Waals surface area contributed by atoms with Crippen molar-refractivity contribution in [2.75, 3.05) is 39.3 Å². The molecule has 0 aromatic heterocycles. The van der Waals surface area contributed by atoms with E-state index in [1.54, 1.807) is 0 Å². The topological polar surface area (TPSA) is 24.5 Å². The number of hydrogen-bond acceptors (Lipinski definition) is 3. The number of piperidine rings is 2. The van der Waals surface area contributed by atoms with Crippen LogP contribution in [0.5, 0.6) is 0 Å². The average Bonchev–Trinajstić information content (AvgIpc) is 2.41.